The van der Waals surface area contributed by atoms with Crippen LogP contribution in [-0.4, -0.2) is 45.1 Å². The molecule has 0 spiro atoms. The number of nitrogens with zero attached hydrogens (tertiary/aromatic N) is 1. The third-order valence-electron chi connectivity index (χ3n) is 5.72. The predicted octanol–water partition coefficient (Wildman–Crippen LogP) is 1.82. The van der Waals surface area contributed by atoms with E-state index in [4.69, 9.17) is 14.4 Å². The second kappa shape index (κ2) is 11.5. The van der Waals surface area contributed by atoms with Crippen LogP contribution in [-0.2, 0) is 13.2 Å². The first-order chi connectivity index (χ1) is 17.8. The van der Waals surface area contributed by atoms with Gasteiger partial charge in [-0.3, -0.25) is 4.79 Å². The van der Waals surface area contributed by atoms with Crippen LogP contribution < -0.4 is 21.5 Å². The summed E-state index contributed by atoms with van der Waals surface area (Å²) in [5.74, 6) is -0.464. The molecule has 1 atom stereocenters. The maximum absolute atomic E-state index is 12.3. The molecule has 10 nitrogen and oxygen atoms in total. The number of rotatable bonds is 10. The summed E-state index contributed by atoms with van der Waals surface area (Å²) < 4.78 is 11.6. The van der Waals surface area contributed by atoms with E-state index in [1.807, 2.05) is 42.2 Å². The first kappa shape index (κ1) is 25.7. The van der Waals surface area contributed by atoms with Crippen LogP contribution in [0.5, 0.6) is 5.75 Å². The molecular formula is C27H27N3O7. The maximum Gasteiger partial charge on any atom is 0.440 e. The van der Waals surface area contributed by atoms with Gasteiger partial charge in [0.25, 0.3) is 5.91 Å². The fourth-order valence-electron chi connectivity index (χ4n) is 3.78. The molecule has 1 aromatic heterocycles. The molecule has 0 bridgehead atoms. The molecule has 4 aromatic rings. The van der Waals surface area contributed by atoms with Gasteiger partial charge in [0, 0.05) is 12.1 Å². The summed E-state index contributed by atoms with van der Waals surface area (Å²) >= 11 is 0. The number of hydrogen-bond donors (Lipinski definition) is 4. The Morgan fingerprint density at radius 2 is 1.86 bits per heavy atom. The molecule has 4 N–H and O–H groups in total. The van der Waals surface area contributed by atoms with Gasteiger partial charge in [0.15, 0.2) is 0 Å². The number of aliphatic hydroxyl groups is 2. The van der Waals surface area contributed by atoms with Gasteiger partial charge in [-0.25, -0.2) is 14.6 Å². The van der Waals surface area contributed by atoms with E-state index in [9.17, 15) is 19.5 Å². The summed E-state index contributed by atoms with van der Waals surface area (Å²) in [6, 6.07) is 20.4. The molecule has 1 unspecified atom stereocenters. The molecule has 0 aliphatic carbocycles. The number of ether oxygens (including phenoxy) is 1. The van der Waals surface area contributed by atoms with Crippen molar-refractivity contribution in [2.24, 2.45) is 0 Å². The van der Waals surface area contributed by atoms with Crippen molar-refractivity contribution in [3.8, 4) is 16.9 Å². The van der Waals surface area contributed by atoms with E-state index < -0.39 is 24.2 Å². The molecule has 0 aliphatic heterocycles. The van der Waals surface area contributed by atoms with E-state index in [0.717, 1.165) is 32.6 Å². The lowest BCUT2D eigenvalue weighted by Crippen LogP contribution is -2.33. The molecule has 0 fully saturated rings. The fraction of sp³-hybridized carbons (Fsp3) is 0.222. The lowest BCUT2D eigenvalue weighted by molar-refractivity contribution is 0.0802. The average molecular weight is 506 g/mol. The zero-order chi connectivity index (χ0) is 26.4. The highest BCUT2D eigenvalue weighted by atomic mass is 16.5. The number of aliphatic hydroxyl groups excluding tert-OH is 2. The first-order valence-electron chi connectivity index (χ1n) is 11.6. The number of hydrogen-bond acceptors (Lipinski definition) is 7. The van der Waals surface area contributed by atoms with Crippen molar-refractivity contribution in [3.63, 3.8) is 0 Å². The van der Waals surface area contributed by atoms with E-state index in [-0.39, 0.29) is 19.0 Å². The van der Waals surface area contributed by atoms with Crippen LogP contribution in [0, 0.1) is 6.92 Å². The van der Waals surface area contributed by atoms with Crippen molar-refractivity contribution in [2.45, 2.75) is 26.2 Å². The zero-order valence-electron chi connectivity index (χ0n) is 20.1. The highest BCUT2D eigenvalue weighted by Crippen LogP contribution is 2.26. The molecule has 0 aliphatic rings. The monoisotopic (exact) mass is 505 g/mol. The van der Waals surface area contributed by atoms with Crippen LogP contribution in [0.1, 0.15) is 27.0 Å². The SMILES string of the molecule is Cc1cc(C(=O)NCC(O)CO)ccc1-c1cccc(COc2ccc(Cn3oc(=O)[nH]c3=O)cc2)c1. The summed E-state index contributed by atoms with van der Waals surface area (Å²) in [7, 11) is 0. The number of amides is 1. The van der Waals surface area contributed by atoms with Gasteiger partial charge in [-0.15, -0.1) is 4.74 Å². The minimum absolute atomic E-state index is 0.0219. The van der Waals surface area contributed by atoms with E-state index in [1.165, 1.54) is 0 Å². The molecule has 0 saturated heterocycles. The van der Waals surface area contributed by atoms with Gasteiger partial charge in [0.05, 0.1) is 19.3 Å². The minimum Gasteiger partial charge on any atom is -0.489 e. The van der Waals surface area contributed by atoms with Gasteiger partial charge in [-0.1, -0.05) is 36.4 Å². The number of aromatic nitrogens is 2. The summed E-state index contributed by atoms with van der Waals surface area (Å²) in [5, 5.41) is 20.9. The molecular weight excluding hydrogens is 478 g/mol. The quantitative estimate of drug-likeness (QED) is 0.257. The number of carbonyl (C=O) groups is 1. The van der Waals surface area contributed by atoms with Gasteiger partial charge in [-0.2, -0.15) is 0 Å². The van der Waals surface area contributed by atoms with Crippen LogP contribution in [0.25, 0.3) is 11.1 Å². The second-order valence-electron chi connectivity index (χ2n) is 8.55. The Hall–Kier alpha value is -4.41. The number of benzene rings is 3. The Morgan fingerprint density at radius 1 is 1.08 bits per heavy atom. The molecule has 10 heteroatoms. The highest BCUT2D eigenvalue weighted by Gasteiger charge is 2.11. The molecule has 37 heavy (non-hydrogen) atoms. The summed E-state index contributed by atoms with van der Waals surface area (Å²) in [5.41, 5.74) is 4.48. The second-order valence-corrected chi connectivity index (χ2v) is 8.55. The van der Waals surface area contributed by atoms with E-state index in [1.54, 1.807) is 36.4 Å². The lowest BCUT2D eigenvalue weighted by Gasteiger charge is -2.12. The molecule has 0 radical (unpaired) electrons. The van der Waals surface area contributed by atoms with Gasteiger partial charge >= 0.3 is 11.4 Å². The summed E-state index contributed by atoms with van der Waals surface area (Å²) in [6.45, 7) is 1.95. The molecule has 0 saturated carbocycles. The lowest BCUT2D eigenvalue weighted by atomic mass is 9.97. The molecule has 4 rings (SSSR count). The van der Waals surface area contributed by atoms with E-state index in [2.05, 4.69) is 5.32 Å². The fourth-order valence-corrected chi connectivity index (χ4v) is 3.78. The Kier molecular flexibility index (Phi) is 8.02. The number of aryl methyl sites for hydroxylation is 1. The van der Waals surface area contributed by atoms with Crippen molar-refractivity contribution < 1.29 is 24.3 Å². The van der Waals surface area contributed by atoms with Gasteiger partial charge in [0.2, 0.25) is 0 Å². The molecule has 1 heterocycles. The third-order valence-corrected chi connectivity index (χ3v) is 5.72. The maximum atomic E-state index is 12.3. The van der Waals surface area contributed by atoms with Crippen LogP contribution in [0.15, 0.2) is 80.8 Å². The predicted molar refractivity (Wildman–Crippen MR) is 136 cm³/mol. The standard InChI is InChI=1S/C27H27N3O7/c1-17-11-21(25(33)28-13-22(32)15-31)7-10-24(17)20-4-2-3-19(12-20)16-36-23-8-5-18(6-9-23)14-30-26(34)29-27(35)37-30/h2-12,22,31-32H,13-16H2,1H3,(H,28,33)(H,29,34,35). The smallest absolute Gasteiger partial charge is 0.440 e. The van der Waals surface area contributed by atoms with Crippen LogP contribution in [0.2, 0.25) is 0 Å². The van der Waals surface area contributed by atoms with Gasteiger partial charge < -0.3 is 24.8 Å². The van der Waals surface area contributed by atoms with E-state index >= 15 is 0 Å². The minimum atomic E-state index is -0.994. The number of carbonyl (C=O) groups excluding carboxylic acids is 1. The molecule has 192 valence electrons. The number of H-pyrrole nitrogens is 1. The van der Waals surface area contributed by atoms with Crippen molar-refractivity contribution in [2.75, 3.05) is 13.2 Å². The highest BCUT2D eigenvalue weighted by molar-refractivity contribution is 5.95. The number of aromatic amines is 1. The van der Waals surface area contributed by atoms with Gasteiger partial charge in [-0.05, 0) is 65.1 Å². The molecule has 3 aromatic carbocycles. The van der Waals surface area contributed by atoms with Gasteiger partial charge in [0.1, 0.15) is 12.4 Å². The summed E-state index contributed by atoms with van der Waals surface area (Å²) in [6.07, 6.45) is -0.994. The van der Waals surface area contributed by atoms with E-state index in [0.29, 0.717) is 17.9 Å². The van der Waals surface area contributed by atoms with Crippen molar-refractivity contribution in [3.05, 3.63) is 110 Å². The summed E-state index contributed by atoms with van der Waals surface area (Å²) in [4.78, 5) is 37.0. The molecule has 1 amide bonds. The Labute approximate surface area is 211 Å². The Bertz CT molecular complexity index is 1480. The van der Waals surface area contributed by atoms with Crippen LogP contribution in [0.3, 0.4) is 0 Å². The van der Waals surface area contributed by atoms with Crippen molar-refractivity contribution in [1.82, 2.24) is 15.0 Å². The van der Waals surface area contributed by atoms with Crippen molar-refractivity contribution >= 4 is 5.91 Å². The Morgan fingerprint density at radius 3 is 2.54 bits per heavy atom. The first-order valence-corrected chi connectivity index (χ1v) is 11.6. The number of nitrogens with one attached hydrogen (secondary N) is 2. The zero-order valence-corrected chi connectivity index (χ0v) is 20.1. The normalized spacial score (nSPS) is 11.8. The average Bonchev–Trinajstić information content (AvgIpc) is 3.22. The van der Waals surface area contributed by atoms with Crippen LogP contribution in [0.4, 0.5) is 0 Å². The third kappa shape index (κ3) is 6.63. The Balaban J connectivity index is 1.39. The van der Waals surface area contributed by atoms with Crippen LogP contribution >= 0.6 is 0 Å². The largest absolute Gasteiger partial charge is 0.489 e. The topological polar surface area (TPSA) is 147 Å². The van der Waals surface area contributed by atoms with Crippen molar-refractivity contribution in [1.29, 1.82) is 0 Å².